The lowest BCUT2D eigenvalue weighted by Crippen LogP contribution is -2.15. The Kier molecular flexibility index (Phi) is 5.23. The van der Waals surface area contributed by atoms with E-state index in [1.165, 1.54) is 27.4 Å². The first kappa shape index (κ1) is 23.4. The highest BCUT2D eigenvalue weighted by molar-refractivity contribution is 5.99. The molecule has 0 spiro atoms. The third-order valence-electron chi connectivity index (χ3n) is 6.82. The van der Waals surface area contributed by atoms with E-state index in [1.807, 2.05) is 0 Å². The van der Waals surface area contributed by atoms with E-state index in [1.54, 1.807) is 48.5 Å². The van der Waals surface area contributed by atoms with Crippen molar-refractivity contribution in [1.29, 1.82) is 0 Å². The van der Waals surface area contributed by atoms with Crippen molar-refractivity contribution in [2.75, 3.05) is 21.3 Å². The molecule has 0 amide bonds. The zero-order valence-corrected chi connectivity index (χ0v) is 20.6. The van der Waals surface area contributed by atoms with Crippen LogP contribution in [0, 0.1) is 0 Å². The number of benzene rings is 4. The van der Waals surface area contributed by atoms with Gasteiger partial charge in [-0.25, -0.2) is 0 Å². The van der Waals surface area contributed by atoms with Gasteiger partial charge in [-0.15, -0.1) is 0 Å². The first-order chi connectivity index (χ1) is 18.4. The molecule has 1 atom stereocenters. The molecular weight excluding hydrogens is 492 g/mol. The molecule has 0 saturated heterocycles. The van der Waals surface area contributed by atoms with Crippen molar-refractivity contribution in [2.24, 2.45) is 0 Å². The molecule has 0 aliphatic carbocycles. The average Bonchev–Trinajstić information content (AvgIpc) is 2.92. The number of aromatic hydroxyl groups is 3. The molecule has 192 valence electrons. The monoisotopic (exact) mass is 514 g/mol. The summed E-state index contributed by atoms with van der Waals surface area (Å²) in [7, 11) is 4.08. The Bertz CT molecular complexity index is 1820. The summed E-state index contributed by atoms with van der Waals surface area (Å²) in [6, 6.07) is 15.1. The number of methoxy groups -OCH3 is 3. The molecule has 6 rings (SSSR count). The summed E-state index contributed by atoms with van der Waals surface area (Å²) in [5.41, 5.74) is 0.889. The fourth-order valence-corrected chi connectivity index (χ4v) is 5.22. The lowest BCUT2D eigenvalue weighted by atomic mass is 9.80. The van der Waals surface area contributed by atoms with Crippen molar-refractivity contribution in [1.82, 2.24) is 0 Å². The minimum atomic E-state index is -0.860. The maximum absolute atomic E-state index is 13.6. The van der Waals surface area contributed by atoms with Gasteiger partial charge >= 0.3 is 0 Å². The van der Waals surface area contributed by atoms with Crippen molar-refractivity contribution < 1.29 is 38.7 Å². The highest BCUT2D eigenvalue weighted by Crippen LogP contribution is 2.59. The summed E-state index contributed by atoms with van der Waals surface area (Å²) in [6.07, 6.45) is 0. The molecule has 4 aromatic carbocycles. The van der Waals surface area contributed by atoms with Crippen LogP contribution in [0.15, 0.2) is 63.8 Å². The lowest BCUT2D eigenvalue weighted by molar-refractivity contribution is 0.322. The smallest absolute Gasteiger partial charge is 0.204 e. The third kappa shape index (κ3) is 3.08. The summed E-state index contributed by atoms with van der Waals surface area (Å²) in [5, 5.41) is 33.4. The second-order valence-electron chi connectivity index (χ2n) is 8.72. The summed E-state index contributed by atoms with van der Waals surface area (Å²) >= 11 is 0. The molecular formula is C29H22O9. The molecule has 1 aliphatic rings. The van der Waals surface area contributed by atoms with Gasteiger partial charge in [0.15, 0.2) is 28.6 Å². The Hall–Kier alpha value is -5.05. The second-order valence-corrected chi connectivity index (χ2v) is 8.72. The maximum atomic E-state index is 13.6. The van der Waals surface area contributed by atoms with E-state index >= 15 is 0 Å². The van der Waals surface area contributed by atoms with E-state index < -0.39 is 22.8 Å². The normalized spacial score (nSPS) is 14.0. The Morgan fingerprint density at radius 2 is 1.45 bits per heavy atom. The van der Waals surface area contributed by atoms with Gasteiger partial charge in [-0.05, 0) is 18.2 Å². The summed E-state index contributed by atoms with van der Waals surface area (Å²) in [5.74, 6) is -1.43. The van der Waals surface area contributed by atoms with Crippen LogP contribution in [0.5, 0.6) is 46.0 Å². The Morgan fingerprint density at radius 1 is 0.763 bits per heavy atom. The molecule has 1 aromatic heterocycles. The summed E-state index contributed by atoms with van der Waals surface area (Å²) in [4.78, 5) is 13.6. The molecule has 38 heavy (non-hydrogen) atoms. The lowest BCUT2D eigenvalue weighted by Gasteiger charge is -2.31. The van der Waals surface area contributed by atoms with Crippen LogP contribution in [0.25, 0.3) is 21.9 Å². The number of rotatable bonds is 4. The number of para-hydroxylation sites is 2. The molecule has 0 saturated carbocycles. The van der Waals surface area contributed by atoms with E-state index in [2.05, 4.69) is 0 Å². The van der Waals surface area contributed by atoms with Crippen molar-refractivity contribution in [3.05, 3.63) is 81.5 Å². The molecule has 0 fully saturated rings. The summed E-state index contributed by atoms with van der Waals surface area (Å²) in [6.45, 7) is 0. The van der Waals surface area contributed by atoms with E-state index in [0.29, 0.717) is 16.9 Å². The van der Waals surface area contributed by atoms with Crippen LogP contribution in [0.1, 0.15) is 22.6 Å². The molecule has 1 aliphatic heterocycles. The minimum Gasteiger partial charge on any atom is -0.504 e. The minimum absolute atomic E-state index is 0.0359. The van der Waals surface area contributed by atoms with Gasteiger partial charge < -0.3 is 38.7 Å². The Labute approximate surface area is 215 Å². The molecule has 0 radical (unpaired) electrons. The van der Waals surface area contributed by atoms with E-state index in [-0.39, 0.29) is 56.2 Å². The van der Waals surface area contributed by atoms with Crippen molar-refractivity contribution >= 4 is 21.9 Å². The highest BCUT2D eigenvalue weighted by Gasteiger charge is 2.40. The SMILES string of the molecule is COc1c(O)cc2c(c1OC)C(c1c(O)c(OC)c(O)c3c(=O)c4ccccc4oc13)c1ccccc1O2. The van der Waals surface area contributed by atoms with Crippen LogP contribution < -0.4 is 24.4 Å². The van der Waals surface area contributed by atoms with E-state index in [0.717, 1.165) is 0 Å². The number of phenolic OH excluding ortho intramolecular Hbond substituents is 3. The van der Waals surface area contributed by atoms with E-state index in [4.69, 9.17) is 23.4 Å². The van der Waals surface area contributed by atoms with Gasteiger partial charge in [-0.2, -0.15) is 0 Å². The first-order valence-electron chi connectivity index (χ1n) is 11.6. The molecule has 0 bridgehead atoms. The fraction of sp³-hybridized carbons (Fsp3) is 0.138. The maximum Gasteiger partial charge on any atom is 0.204 e. The predicted octanol–water partition coefficient (Wildman–Crippen LogP) is 5.37. The average molecular weight is 514 g/mol. The van der Waals surface area contributed by atoms with Gasteiger partial charge in [0, 0.05) is 11.6 Å². The number of ether oxygens (including phenoxy) is 4. The molecule has 9 nitrogen and oxygen atoms in total. The number of phenols is 3. The molecule has 2 heterocycles. The number of fused-ring (bicyclic) bond motifs is 4. The van der Waals surface area contributed by atoms with Gasteiger partial charge in [0.05, 0.1) is 43.8 Å². The van der Waals surface area contributed by atoms with Crippen LogP contribution in [-0.4, -0.2) is 36.6 Å². The zero-order chi connectivity index (χ0) is 26.7. The van der Waals surface area contributed by atoms with Gasteiger partial charge in [-0.3, -0.25) is 4.79 Å². The van der Waals surface area contributed by atoms with Crippen molar-refractivity contribution in [3.63, 3.8) is 0 Å². The molecule has 9 heteroatoms. The number of hydrogen-bond donors (Lipinski definition) is 3. The standard InChI is InChI=1S/C29H22O9/c1-34-26-15(30)12-18-20(28(26)35-2)19(13-8-4-6-10-16(13)37-18)21-24(32)29(36-3)25(33)22-23(31)14-9-5-7-11-17(14)38-27(21)22/h4-12,19,30,32-33H,1-3H3. The van der Waals surface area contributed by atoms with E-state index in [9.17, 15) is 20.1 Å². The largest absolute Gasteiger partial charge is 0.504 e. The third-order valence-corrected chi connectivity index (χ3v) is 6.82. The highest BCUT2D eigenvalue weighted by atomic mass is 16.5. The number of hydrogen-bond acceptors (Lipinski definition) is 9. The predicted molar refractivity (Wildman–Crippen MR) is 139 cm³/mol. The van der Waals surface area contributed by atoms with Crippen molar-refractivity contribution in [3.8, 4) is 46.0 Å². The van der Waals surface area contributed by atoms with Crippen LogP contribution in [-0.2, 0) is 0 Å². The van der Waals surface area contributed by atoms with Gasteiger partial charge in [-0.1, -0.05) is 30.3 Å². The first-order valence-corrected chi connectivity index (χ1v) is 11.6. The zero-order valence-electron chi connectivity index (χ0n) is 20.6. The molecule has 5 aromatic rings. The summed E-state index contributed by atoms with van der Waals surface area (Å²) < 4.78 is 28.8. The van der Waals surface area contributed by atoms with Crippen LogP contribution in [0.2, 0.25) is 0 Å². The topological polar surface area (TPSA) is 128 Å². The van der Waals surface area contributed by atoms with Crippen LogP contribution >= 0.6 is 0 Å². The van der Waals surface area contributed by atoms with Crippen LogP contribution in [0.3, 0.4) is 0 Å². The Balaban J connectivity index is 1.85. The van der Waals surface area contributed by atoms with Gasteiger partial charge in [0.2, 0.25) is 16.9 Å². The van der Waals surface area contributed by atoms with Crippen LogP contribution in [0.4, 0.5) is 0 Å². The van der Waals surface area contributed by atoms with Gasteiger partial charge in [0.25, 0.3) is 0 Å². The second kappa shape index (κ2) is 8.52. The molecule has 1 unspecified atom stereocenters. The van der Waals surface area contributed by atoms with Gasteiger partial charge in [0.1, 0.15) is 22.5 Å². The van der Waals surface area contributed by atoms with Crippen molar-refractivity contribution in [2.45, 2.75) is 5.92 Å². The fourth-order valence-electron chi connectivity index (χ4n) is 5.22. The Morgan fingerprint density at radius 3 is 2.18 bits per heavy atom. The quantitative estimate of drug-likeness (QED) is 0.266. The molecule has 3 N–H and O–H groups in total.